The predicted octanol–water partition coefficient (Wildman–Crippen LogP) is 6.29. The van der Waals surface area contributed by atoms with Crippen molar-refractivity contribution in [1.29, 1.82) is 5.26 Å². The molecule has 1 saturated carbocycles. The van der Waals surface area contributed by atoms with E-state index in [1.165, 1.54) is 23.5 Å². The van der Waals surface area contributed by atoms with Gasteiger partial charge in [-0.15, -0.1) is 0 Å². The lowest BCUT2D eigenvalue weighted by atomic mass is 9.92. The first-order valence-electron chi connectivity index (χ1n) is 13.4. The highest BCUT2D eigenvalue weighted by atomic mass is 32.1. The second kappa shape index (κ2) is 12.0. The van der Waals surface area contributed by atoms with Crippen molar-refractivity contribution < 1.29 is 35.9 Å². The Balaban J connectivity index is 1.06. The molecule has 0 unspecified atom stereocenters. The Bertz CT molecular complexity index is 1470. The van der Waals surface area contributed by atoms with E-state index in [9.17, 15) is 31.1 Å². The summed E-state index contributed by atoms with van der Waals surface area (Å²) in [6, 6.07) is 8.64. The molecule has 2 aromatic carbocycles. The summed E-state index contributed by atoms with van der Waals surface area (Å²) in [5.41, 5.74) is -1.53. The number of carbonyl (C=O) groups excluding carboxylic acids is 1. The Hall–Kier alpha value is -3.57. The maximum Gasteiger partial charge on any atom is 0.417 e. The number of rotatable bonds is 6. The first kappa shape index (κ1) is 29.9. The molecule has 0 spiro atoms. The van der Waals surface area contributed by atoms with Crippen LogP contribution in [0.3, 0.4) is 0 Å². The molecule has 5 rings (SSSR count). The minimum atomic E-state index is -4.62. The number of benzene rings is 2. The fourth-order valence-electron chi connectivity index (χ4n) is 5.23. The molecule has 1 amide bonds. The normalized spacial score (nSPS) is 20.0. The number of hydrogen-bond acceptors (Lipinski definition) is 7. The number of amides is 1. The quantitative estimate of drug-likeness (QED) is 0.330. The van der Waals surface area contributed by atoms with Gasteiger partial charge in [0.2, 0.25) is 5.91 Å². The van der Waals surface area contributed by atoms with Gasteiger partial charge in [0.15, 0.2) is 5.13 Å². The summed E-state index contributed by atoms with van der Waals surface area (Å²) in [6.45, 7) is 1.80. The predicted molar refractivity (Wildman–Crippen MR) is 145 cm³/mol. The Morgan fingerprint density at radius 3 is 2.36 bits per heavy atom. The summed E-state index contributed by atoms with van der Waals surface area (Å²) in [6.07, 6.45) is -6.57. The van der Waals surface area contributed by atoms with Crippen LogP contribution < -0.4 is 10.2 Å². The van der Waals surface area contributed by atoms with E-state index in [-0.39, 0.29) is 24.7 Å². The number of piperazine rings is 1. The number of alkyl halides is 6. The van der Waals surface area contributed by atoms with Crippen molar-refractivity contribution in [3.05, 3.63) is 53.1 Å². The number of nitrogens with zero attached hydrogens (tertiary/aromatic N) is 4. The molecule has 7 nitrogen and oxygen atoms in total. The molecule has 1 N–H and O–H groups in total. The zero-order chi connectivity index (χ0) is 30.1. The third-order valence-electron chi connectivity index (χ3n) is 7.54. The summed E-state index contributed by atoms with van der Waals surface area (Å²) >= 11 is 1.32. The van der Waals surface area contributed by atoms with Crippen LogP contribution in [-0.2, 0) is 21.9 Å². The van der Waals surface area contributed by atoms with Gasteiger partial charge in [-0.2, -0.15) is 31.6 Å². The molecule has 2 heterocycles. The molecular weight excluding hydrogens is 584 g/mol. The van der Waals surface area contributed by atoms with Crippen molar-refractivity contribution in [3.63, 3.8) is 0 Å². The molecular formula is C28H27F6N5O2S. The highest BCUT2D eigenvalue weighted by Gasteiger charge is 2.34. The molecule has 0 bridgehead atoms. The molecule has 0 radical (unpaired) electrons. The molecule has 14 heteroatoms. The lowest BCUT2D eigenvalue weighted by Crippen LogP contribution is -2.50. The summed E-state index contributed by atoms with van der Waals surface area (Å²) < 4.78 is 85.3. The number of hydrogen-bond donors (Lipinski definition) is 1. The molecule has 1 saturated heterocycles. The second-order valence-corrected chi connectivity index (χ2v) is 11.4. The van der Waals surface area contributed by atoms with Crippen LogP contribution in [0.25, 0.3) is 10.2 Å². The largest absolute Gasteiger partial charge is 0.417 e. The fraction of sp³-hybridized carbons (Fsp3) is 0.464. The number of fused-ring (bicyclic) bond motifs is 1. The molecule has 1 aliphatic heterocycles. The van der Waals surface area contributed by atoms with Crippen molar-refractivity contribution in [3.8, 4) is 6.07 Å². The van der Waals surface area contributed by atoms with E-state index < -0.39 is 29.0 Å². The van der Waals surface area contributed by atoms with Crippen LogP contribution in [0.4, 0.5) is 37.2 Å². The van der Waals surface area contributed by atoms with Gasteiger partial charge in [-0.05, 0) is 62.1 Å². The van der Waals surface area contributed by atoms with Gasteiger partial charge in [-0.3, -0.25) is 4.79 Å². The monoisotopic (exact) mass is 611 g/mol. The van der Waals surface area contributed by atoms with Crippen molar-refractivity contribution in [2.24, 2.45) is 0 Å². The van der Waals surface area contributed by atoms with E-state index in [4.69, 9.17) is 10.00 Å². The molecule has 3 aromatic rings. The molecule has 1 aliphatic carbocycles. The van der Waals surface area contributed by atoms with Gasteiger partial charge < -0.3 is 19.9 Å². The topological polar surface area (TPSA) is 81.5 Å². The van der Waals surface area contributed by atoms with Crippen LogP contribution >= 0.6 is 11.3 Å². The lowest BCUT2D eigenvalue weighted by molar-refractivity contribution is -0.139. The van der Waals surface area contributed by atoms with Gasteiger partial charge >= 0.3 is 12.4 Å². The maximum absolute atomic E-state index is 13.2. The first-order chi connectivity index (χ1) is 19.9. The zero-order valence-corrected chi connectivity index (χ0v) is 23.1. The highest BCUT2D eigenvalue weighted by molar-refractivity contribution is 7.22. The van der Waals surface area contributed by atoms with Gasteiger partial charge in [0.1, 0.15) is 6.61 Å². The van der Waals surface area contributed by atoms with Gasteiger partial charge in [0.25, 0.3) is 0 Å². The smallest absolute Gasteiger partial charge is 0.382 e. The summed E-state index contributed by atoms with van der Waals surface area (Å²) in [5, 5.41) is 12.7. The molecule has 0 atom stereocenters. The molecule has 224 valence electrons. The van der Waals surface area contributed by atoms with E-state index in [0.29, 0.717) is 72.9 Å². The van der Waals surface area contributed by atoms with Crippen LogP contribution in [0.1, 0.15) is 42.4 Å². The Labute approximate surface area is 241 Å². The SMILES string of the molecule is N#Cc1ccc(N[C@H]2CC[C@H](OCC(=O)N3CCN(c4nc5cc(C(F)(F)F)ccc5s4)CC3)CC2)cc1C(F)(F)F. The molecule has 1 aromatic heterocycles. The first-order valence-corrected chi connectivity index (χ1v) is 14.2. The minimum Gasteiger partial charge on any atom is -0.382 e. The van der Waals surface area contributed by atoms with Gasteiger partial charge in [-0.1, -0.05) is 11.3 Å². The van der Waals surface area contributed by atoms with Crippen LogP contribution in [-0.4, -0.2) is 60.7 Å². The summed E-state index contributed by atoms with van der Waals surface area (Å²) in [5.74, 6) is -0.147. The van der Waals surface area contributed by atoms with Crippen LogP contribution in [0.15, 0.2) is 36.4 Å². The number of thiazole rings is 1. The van der Waals surface area contributed by atoms with Gasteiger partial charge in [0, 0.05) is 37.9 Å². The average Bonchev–Trinajstić information content (AvgIpc) is 3.39. The van der Waals surface area contributed by atoms with E-state index in [0.717, 1.165) is 24.3 Å². The van der Waals surface area contributed by atoms with Gasteiger partial charge in [-0.25, -0.2) is 4.98 Å². The molecule has 42 heavy (non-hydrogen) atoms. The van der Waals surface area contributed by atoms with E-state index in [1.54, 1.807) is 11.0 Å². The fourth-order valence-corrected chi connectivity index (χ4v) is 6.23. The Kier molecular flexibility index (Phi) is 8.52. The standard InChI is InChI=1S/C28H27F6N5O2S/c29-27(30,31)18-2-8-24-23(13-18)37-26(42-24)39-11-9-38(10-12-39)25(40)16-41-21-6-4-19(5-7-21)36-20-3-1-17(15-35)22(14-20)28(32,33)34/h1-3,8,13-14,19,21,36H,4-7,9-12,16H2/t19-,21-. The second-order valence-electron chi connectivity index (χ2n) is 10.3. The number of carbonyl (C=O) groups is 1. The summed E-state index contributed by atoms with van der Waals surface area (Å²) in [7, 11) is 0. The number of anilines is 2. The van der Waals surface area contributed by atoms with E-state index in [1.807, 2.05) is 4.90 Å². The maximum atomic E-state index is 13.2. The summed E-state index contributed by atoms with van der Waals surface area (Å²) in [4.78, 5) is 20.8. The number of halogens is 6. The lowest BCUT2D eigenvalue weighted by Gasteiger charge is -2.35. The van der Waals surface area contributed by atoms with E-state index in [2.05, 4.69) is 10.3 Å². The van der Waals surface area contributed by atoms with Crippen molar-refractivity contribution >= 4 is 38.3 Å². The Morgan fingerprint density at radius 2 is 1.71 bits per heavy atom. The number of aromatic nitrogens is 1. The van der Waals surface area contributed by atoms with Crippen molar-refractivity contribution in [1.82, 2.24) is 9.88 Å². The highest BCUT2D eigenvalue weighted by Crippen LogP contribution is 2.36. The van der Waals surface area contributed by atoms with Crippen LogP contribution in [0.5, 0.6) is 0 Å². The number of nitrogens with one attached hydrogen (secondary N) is 1. The molecule has 2 fully saturated rings. The Morgan fingerprint density at radius 1 is 1.00 bits per heavy atom. The van der Waals surface area contributed by atoms with Crippen LogP contribution in [0.2, 0.25) is 0 Å². The number of nitriles is 1. The van der Waals surface area contributed by atoms with Crippen LogP contribution in [0, 0.1) is 11.3 Å². The average molecular weight is 612 g/mol. The van der Waals surface area contributed by atoms with E-state index >= 15 is 0 Å². The molecule has 2 aliphatic rings. The third-order valence-corrected chi connectivity index (χ3v) is 8.64. The van der Waals surface area contributed by atoms with Gasteiger partial charge in [0.05, 0.1) is 39.1 Å². The zero-order valence-electron chi connectivity index (χ0n) is 22.3. The minimum absolute atomic E-state index is 0.0507. The van der Waals surface area contributed by atoms with Crippen molar-refractivity contribution in [2.45, 2.75) is 50.2 Å². The third kappa shape index (κ3) is 6.90. The number of ether oxygens (including phenoxy) is 1. The van der Waals surface area contributed by atoms with Crippen molar-refractivity contribution in [2.75, 3.05) is 43.0 Å².